The van der Waals surface area contributed by atoms with Gasteiger partial charge in [-0.15, -0.1) is 0 Å². The Morgan fingerprint density at radius 1 is 0.765 bits per heavy atom. The maximum absolute atomic E-state index is 4.97. The van der Waals surface area contributed by atoms with Crippen LogP contribution >= 0.6 is 0 Å². The quantitative estimate of drug-likeness (QED) is 0.660. The molecule has 0 fully saturated rings. The van der Waals surface area contributed by atoms with E-state index in [1.807, 2.05) is 0 Å². The highest BCUT2D eigenvalue weighted by Gasteiger charge is 2.30. The van der Waals surface area contributed by atoms with Crippen molar-refractivity contribution in [3.05, 3.63) is 28.1 Å². The Morgan fingerprint density at radius 2 is 1.29 bits per heavy atom. The average molecular weight is 229 g/mol. The van der Waals surface area contributed by atoms with Gasteiger partial charge in [0.05, 0.1) is 0 Å². The standard InChI is InChI=1S/C16H23N/c1-16(2,3)15-11-7-4-5-9-13(11)17-14-10-6-8-12(14)15/h4-10H2,1-3H3. The van der Waals surface area contributed by atoms with Crippen molar-refractivity contribution in [2.75, 3.05) is 0 Å². The van der Waals surface area contributed by atoms with Crippen LogP contribution in [0, 0.1) is 0 Å². The summed E-state index contributed by atoms with van der Waals surface area (Å²) in [4.78, 5) is 4.97. The van der Waals surface area contributed by atoms with Gasteiger partial charge in [-0.2, -0.15) is 0 Å². The first-order valence-electron chi connectivity index (χ1n) is 7.11. The first kappa shape index (κ1) is 11.3. The Kier molecular flexibility index (Phi) is 2.53. The molecule has 3 rings (SSSR count). The van der Waals surface area contributed by atoms with Crippen LogP contribution in [0.2, 0.25) is 0 Å². The van der Waals surface area contributed by atoms with E-state index in [1.165, 1.54) is 56.3 Å². The van der Waals surface area contributed by atoms with Gasteiger partial charge in [-0.3, -0.25) is 4.98 Å². The van der Waals surface area contributed by atoms with Crippen molar-refractivity contribution in [1.29, 1.82) is 0 Å². The number of hydrogen-bond acceptors (Lipinski definition) is 1. The molecule has 1 nitrogen and oxygen atoms in total. The van der Waals surface area contributed by atoms with Crippen molar-refractivity contribution in [2.24, 2.45) is 0 Å². The lowest BCUT2D eigenvalue weighted by Gasteiger charge is -2.30. The molecular formula is C16H23N. The third-order valence-electron chi connectivity index (χ3n) is 4.25. The van der Waals surface area contributed by atoms with Crippen LogP contribution in [0.5, 0.6) is 0 Å². The third kappa shape index (κ3) is 1.80. The molecule has 0 spiro atoms. The maximum atomic E-state index is 4.97. The van der Waals surface area contributed by atoms with Gasteiger partial charge in [0, 0.05) is 11.4 Å². The molecule has 0 aromatic carbocycles. The molecular weight excluding hydrogens is 206 g/mol. The van der Waals surface area contributed by atoms with Crippen molar-refractivity contribution < 1.29 is 0 Å². The van der Waals surface area contributed by atoms with Crippen molar-refractivity contribution in [1.82, 2.24) is 4.98 Å². The lowest BCUT2D eigenvalue weighted by atomic mass is 9.77. The minimum Gasteiger partial charge on any atom is -0.257 e. The van der Waals surface area contributed by atoms with Gasteiger partial charge in [0.1, 0.15) is 0 Å². The summed E-state index contributed by atoms with van der Waals surface area (Å²) in [7, 11) is 0. The van der Waals surface area contributed by atoms with Crippen molar-refractivity contribution in [3.63, 3.8) is 0 Å². The zero-order valence-corrected chi connectivity index (χ0v) is 11.4. The number of rotatable bonds is 0. The van der Waals surface area contributed by atoms with E-state index in [2.05, 4.69) is 20.8 Å². The Balaban J connectivity index is 2.25. The van der Waals surface area contributed by atoms with Crippen LogP contribution in [-0.4, -0.2) is 4.98 Å². The van der Waals surface area contributed by atoms with Crippen LogP contribution in [0.15, 0.2) is 0 Å². The fourth-order valence-electron chi connectivity index (χ4n) is 3.65. The fraction of sp³-hybridized carbons (Fsp3) is 0.688. The number of fused-ring (bicyclic) bond motifs is 2. The van der Waals surface area contributed by atoms with Crippen LogP contribution < -0.4 is 0 Å². The van der Waals surface area contributed by atoms with Gasteiger partial charge in [-0.05, 0) is 67.1 Å². The molecule has 1 aromatic heterocycles. The average Bonchev–Trinajstić information content (AvgIpc) is 2.71. The second kappa shape index (κ2) is 3.83. The SMILES string of the molecule is CC(C)(C)c1c2c(nc3c1CCC3)CCCC2. The van der Waals surface area contributed by atoms with Gasteiger partial charge < -0.3 is 0 Å². The highest BCUT2D eigenvalue weighted by atomic mass is 14.7. The Hall–Kier alpha value is -0.850. The topological polar surface area (TPSA) is 12.9 Å². The monoisotopic (exact) mass is 229 g/mol. The fourth-order valence-corrected chi connectivity index (χ4v) is 3.65. The maximum Gasteiger partial charge on any atom is 0.0442 e. The lowest BCUT2D eigenvalue weighted by molar-refractivity contribution is 0.556. The summed E-state index contributed by atoms with van der Waals surface area (Å²) < 4.78 is 0. The molecule has 0 N–H and O–H groups in total. The number of hydrogen-bond donors (Lipinski definition) is 0. The van der Waals surface area contributed by atoms with Gasteiger partial charge in [-0.1, -0.05) is 20.8 Å². The molecule has 1 heteroatoms. The zero-order chi connectivity index (χ0) is 12.0. The van der Waals surface area contributed by atoms with Crippen molar-refractivity contribution in [2.45, 2.75) is 71.1 Å². The number of nitrogens with zero attached hydrogens (tertiary/aromatic N) is 1. The molecule has 17 heavy (non-hydrogen) atoms. The van der Waals surface area contributed by atoms with E-state index in [-0.39, 0.29) is 0 Å². The molecule has 0 bridgehead atoms. The summed E-state index contributed by atoms with van der Waals surface area (Å²) >= 11 is 0. The summed E-state index contributed by atoms with van der Waals surface area (Å²) in [6, 6.07) is 0. The molecule has 2 aliphatic rings. The van der Waals surface area contributed by atoms with Gasteiger partial charge in [0.15, 0.2) is 0 Å². The van der Waals surface area contributed by atoms with Gasteiger partial charge in [0.25, 0.3) is 0 Å². The largest absolute Gasteiger partial charge is 0.257 e. The van der Waals surface area contributed by atoms with Crippen LogP contribution in [-0.2, 0) is 31.1 Å². The first-order chi connectivity index (χ1) is 8.07. The molecule has 0 aliphatic heterocycles. The van der Waals surface area contributed by atoms with Crippen LogP contribution in [0.3, 0.4) is 0 Å². The number of aromatic nitrogens is 1. The minimum atomic E-state index is 0.290. The van der Waals surface area contributed by atoms with Gasteiger partial charge in [-0.25, -0.2) is 0 Å². The van der Waals surface area contributed by atoms with E-state index >= 15 is 0 Å². The van der Waals surface area contributed by atoms with Crippen LogP contribution in [0.1, 0.15) is 68.1 Å². The van der Waals surface area contributed by atoms with E-state index in [4.69, 9.17) is 4.98 Å². The summed E-state index contributed by atoms with van der Waals surface area (Å²) in [6.07, 6.45) is 8.97. The second-order valence-corrected chi connectivity index (χ2v) is 6.65. The molecule has 2 aliphatic carbocycles. The Morgan fingerprint density at radius 3 is 1.94 bits per heavy atom. The minimum absolute atomic E-state index is 0.290. The first-order valence-corrected chi connectivity index (χ1v) is 7.11. The van der Waals surface area contributed by atoms with Crippen molar-refractivity contribution in [3.8, 4) is 0 Å². The van der Waals surface area contributed by atoms with E-state index < -0.39 is 0 Å². The Labute approximate surface area is 105 Å². The number of pyridine rings is 1. The van der Waals surface area contributed by atoms with E-state index in [0.717, 1.165) is 0 Å². The van der Waals surface area contributed by atoms with Crippen molar-refractivity contribution >= 4 is 0 Å². The lowest BCUT2D eigenvalue weighted by Crippen LogP contribution is -2.22. The number of aryl methyl sites for hydroxylation is 2. The van der Waals surface area contributed by atoms with E-state index in [0.29, 0.717) is 5.41 Å². The normalized spacial score (nSPS) is 19.0. The molecule has 1 heterocycles. The predicted molar refractivity (Wildman–Crippen MR) is 71.6 cm³/mol. The van der Waals surface area contributed by atoms with Gasteiger partial charge in [0.2, 0.25) is 0 Å². The van der Waals surface area contributed by atoms with Crippen LogP contribution in [0.25, 0.3) is 0 Å². The second-order valence-electron chi connectivity index (χ2n) is 6.65. The zero-order valence-electron chi connectivity index (χ0n) is 11.4. The highest BCUT2D eigenvalue weighted by molar-refractivity contribution is 5.47. The van der Waals surface area contributed by atoms with Crippen LogP contribution in [0.4, 0.5) is 0 Å². The van der Waals surface area contributed by atoms with E-state index in [1.54, 1.807) is 16.7 Å². The molecule has 0 amide bonds. The molecule has 1 aromatic rings. The molecule has 0 saturated carbocycles. The Bertz CT molecular complexity index is 452. The van der Waals surface area contributed by atoms with E-state index in [9.17, 15) is 0 Å². The molecule has 0 radical (unpaired) electrons. The third-order valence-corrected chi connectivity index (χ3v) is 4.25. The summed E-state index contributed by atoms with van der Waals surface area (Å²) in [5, 5.41) is 0. The predicted octanol–water partition coefficient (Wildman–Crippen LogP) is 3.75. The summed E-state index contributed by atoms with van der Waals surface area (Å²) in [5.74, 6) is 0. The van der Waals surface area contributed by atoms with Gasteiger partial charge >= 0.3 is 0 Å². The highest BCUT2D eigenvalue weighted by Crippen LogP contribution is 2.38. The molecule has 92 valence electrons. The molecule has 0 saturated heterocycles. The molecule has 0 unspecified atom stereocenters. The smallest absolute Gasteiger partial charge is 0.0442 e. The molecule has 0 atom stereocenters. The summed E-state index contributed by atoms with van der Waals surface area (Å²) in [6.45, 7) is 7.11. The summed E-state index contributed by atoms with van der Waals surface area (Å²) in [5.41, 5.74) is 8.04.